The minimum atomic E-state index is 0.0349. The molecule has 0 aliphatic carbocycles. The van der Waals surface area contributed by atoms with Crippen LogP contribution in [0.15, 0.2) is 30.5 Å². The van der Waals surface area contributed by atoms with Crippen LogP contribution in [0.2, 0.25) is 0 Å². The SMILES string of the molecule is Cc1nc(C(C)C)ncc1C(=O)N1CCCC(c2ccccc2CN)C1. The van der Waals surface area contributed by atoms with Gasteiger partial charge in [-0.05, 0) is 30.9 Å². The Balaban J connectivity index is 1.80. The van der Waals surface area contributed by atoms with Crippen LogP contribution in [0, 0.1) is 6.92 Å². The molecule has 1 unspecified atom stereocenters. The maximum atomic E-state index is 13.1. The van der Waals surface area contributed by atoms with Gasteiger partial charge in [0.05, 0.1) is 11.3 Å². The van der Waals surface area contributed by atoms with Crippen LogP contribution in [-0.4, -0.2) is 33.9 Å². The molecule has 3 rings (SSSR count). The summed E-state index contributed by atoms with van der Waals surface area (Å²) < 4.78 is 0. The Kier molecular flexibility index (Phi) is 5.67. The number of aromatic nitrogens is 2. The van der Waals surface area contributed by atoms with Crippen LogP contribution in [0.4, 0.5) is 0 Å². The Bertz CT molecular complexity index is 787. The molecule has 1 aliphatic heterocycles. The highest BCUT2D eigenvalue weighted by atomic mass is 16.2. The van der Waals surface area contributed by atoms with Crippen molar-refractivity contribution in [1.29, 1.82) is 0 Å². The Morgan fingerprint density at radius 2 is 2.12 bits per heavy atom. The van der Waals surface area contributed by atoms with Gasteiger partial charge in [0.2, 0.25) is 0 Å². The predicted molar refractivity (Wildman–Crippen MR) is 103 cm³/mol. The first-order valence-electron chi connectivity index (χ1n) is 9.42. The molecule has 1 aromatic heterocycles. The van der Waals surface area contributed by atoms with E-state index in [0.717, 1.165) is 37.4 Å². The van der Waals surface area contributed by atoms with Crippen molar-refractivity contribution in [3.63, 3.8) is 0 Å². The van der Waals surface area contributed by atoms with Crippen LogP contribution in [0.5, 0.6) is 0 Å². The number of carbonyl (C=O) groups is 1. The smallest absolute Gasteiger partial charge is 0.257 e. The van der Waals surface area contributed by atoms with E-state index in [-0.39, 0.29) is 11.8 Å². The second kappa shape index (κ2) is 7.96. The lowest BCUT2D eigenvalue weighted by Crippen LogP contribution is -2.39. The van der Waals surface area contributed by atoms with E-state index in [1.807, 2.05) is 17.9 Å². The number of nitrogens with zero attached hydrogens (tertiary/aromatic N) is 3. The monoisotopic (exact) mass is 352 g/mol. The quantitative estimate of drug-likeness (QED) is 0.915. The maximum Gasteiger partial charge on any atom is 0.257 e. The van der Waals surface area contributed by atoms with Crippen molar-refractivity contribution >= 4 is 5.91 Å². The number of rotatable bonds is 4. The van der Waals surface area contributed by atoms with Gasteiger partial charge in [-0.25, -0.2) is 9.97 Å². The fourth-order valence-corrected chi connectivity index (χ4v) is 3.68. The van der Waals surface area contributed by atoms with E-state index in [0.29, 0.717) is 18.0 Å². The van der Waals surface area contributed by atoms with Crippen molar-refractivity contribution in [1.82, 2.24) is 14.9 Å². The molecule has 0 spiro atoms. The van der Waals surface area contributed by atoms with E-state index in [1.54, 1.807) is 6.20 Å². The normalized spacial score (nSPS) is 17.6. The van der Waals surface area contributed by atoms with Gasteiger partial charge < -0.3 is 10.6 Å². The van der Waals surface area contributed by atoms with E-state index < -0.39 is 0 Å². The third-order valence-corrected chi connectivity index (χ3v) is 5.17. The molecule has 2 heterocycles. The molecule has 138 valence electrons. The minimum Gasteiger partial charge on any atom is -0.338 e. The molecule has 1 aliphatic rings. The number of piperidine rings is 1. The molecule has 1 aromatic carbocycles. The van der Waals surface area contributed by atoms with E-state index in [9.17, 15) is 4.79 Å². The molecular formula is C21H28N4O. The van der Waals surface area contributed by atoms with Gasteiger partial charge in [-0.15, -0.1) is 0 Å². The number of benzene rings is 1. The van der Waals surface area contributed by atoms with Crippen molar-refractivity contribution in [2.24, 2.45) is 5.73 Å². The van der Waals surface area contributed by atoms with E-state index in [2.05, 4.69) is 42.0 Å². The fraction of sp³-hybridized carbons (Fsp3) is 0.476. The second-order valence-corrected chi connectivity index (χ2v) is 7.38. The molecule has 1 saturated heterocycles. The van der Waals surface area contributed by atoms with Crippen molar-refractivity contribution in [3.05, 3.63) is 58.7 Å². The number of aryl methyl sites for hydroxylation is 1. The summed E-state index contributed by atoms with van der Waals surface area (Å²) in [6.45, 7) is 8.05. The standard InChI is InChI=1S/C21H28N4O/c1-14(2)20-23-12-19(15(3)24-20)21(26)25-10-6-8-17(13-25)18-9-5-4-7-16(18)11-22/h4-5,7,9,12,14,17H,6,8,10-11,13,22H2,1-3H3. The molecule has 0 radical (unpaired) electrons. The van der Waals surface area contributed by atoms with Crippen molar-refractivity contribution in [2.75, 3.05) is 13.1 Å². The summed E-state index contributed by atoms with van der Waals surface area (Å²) >= 11 is 0. The first-order valence-corrected chi connectivity index (χ1v) is 9.42. The first kappa shape index (κ1) is 18.5. The molecule has 0 bridgehead atoms. The van der Waals surface area contributed by atoms with E-state index in [4.69, 9.17) is 5.73 Å². The van der Waals surface area contributed by atoms with E-state index >= 15 is 0 Å². The van der Waals surface area contributed by atoms with Crippen LogP contribution >= 0.6 is 0 Å². The van der Waals surface area contributed by atoms with Crippen LogP contribution in [0.3, 0.4) is 0 Å². The average Bonchev–Trinajstić information content (AvgIpc) is 2.67. The van der Waals surface area contributed by atoms with Gasteiger partial charge in [0.25, 0.3) is 5.91 Å². The van der Waals surface area contributed by atoms with Gasteiger partial charge in [0, 0.05) is 37.7 Å². The second-order valence-electron chi connectivity index (χ2n) is 7.38. The van der Waals surface area contributed by atoms with Gasteiger partial charge in [0.1, 0.15) is 5.82 Å². The zero-order valence-corrected chi connectivity index (χ0v) is 15.9. The Hall–Kier alpha value is -2.27. The van der Waals surface area contributed by atoms with Crippen molar-refractivity contribution in [3.8, 4) is 0 Å². The number of nitrogens with two attached hydrogens (primary N) is 1. The van der Waals surface area contributed by atoms with Gasteiger partial charge in [0.15, 0.2) is 0 Å². The van der Waals surface area contributed by atoms with Crippen molar-refractivity contribution < 1.29 is 4.79 Å². The van der Waals surface area contributed by atoms with Crippen LogP contribution in [0.1, 0.15) is 71.5 Å². The lowest BCUT2D eigenvalue weighted by Gasteiger charge is -2.34. The molecular weight excluding hydrogens is 324 g/mol. The van der Waals surface area contributed by atoms with Gasteiger partial charge in [-0.3, -0.25) is 4.79 Å². The third kappa shape index (κ3) is 3.78. The van der Waals surface area contributed by atoms with Gasteiger partial charge in [-0.1, -0.05) is 38.1 Å². The molecule has 2 aromatic rings. The summed E-state index contributed by atoms with van der Waals surface area (Å²) in [7, 11) is 0. The zero-order chi connectivity index (χ0) is 18.7. The summed E-state index contributed by atoms with van der Waals surface area (Å²) in [6.07, 6.45) is 3.78. The molecule has 1 fully saturated rings. The average molecular weight is 352 g/mol. The minimum absolute atomic E-state index is 0.0349. The first-order chi connectivity index (χ1) is 12.5. The number of hydrogen-bond donors (Lipinski definition) is 1. The summed E-state index contributed by atoms with van der Waals surface area (Å²) in [5, 5.41) is 0. The molecule has 26 heavy (non-hydrogen) atoms. The Morgan fingerprint density at radius 1 is 1.35 bits per heavy atom. The van der Waals surface area contributed by atoms with Crippen molar-refractivity contribution in [2.45, 2.75) is 52.0 Å². The summed E-state index contributed by atoms with van der Waals surface area (Å²) in [5.74, 6) is 1.41. The van der Waals surface area contributed by atoms with Crippen LogP contribution in [-0.2, 0) is 6.54 Å². The highest BCUT2D eigenvalue weighted by Gasteiger charge is 2.27. The Morgan fingerprint density at radius 3 is 2.81 bits per heavy atom. The number of hydrogen-bond acceptors (Lipinski definition) is 4. The topological polar surface area (TPSA) is 72.1 Å². The summed E-state index contributed by atoms with van der Waals surface area (Å²) in [4.78, 5) is 23.9. The maximum absolute atomic E-state index is 13.1. The summed E-state index contributed by atoms with van der Waals surface area (Å²) in [5.41, 5.74) is 9.73. The largest absolute Gasteiger partial charge is 0.338 e. The van der Waals surface area contributed by atoms with Crippen LogP contribution < -0.4 is 5.73 Å². The molecule has 1 atom stereocenters. The number of likely N-dealkylation sites (tertiary alicyclic amines) is 1. The highest BCUT2D eigenvalue weighted by molar-refractivity contribution is 5.95. The molecule has 1 amide bonds. The lowest BCUT2D eigenvalue weighted by atomic mass is 9.87. The Labute approximate surface area is 155 Å². The highest BCUT2D eigenvalue weighted by Crippen LogP contribution is 2.30. The molecule has 2 N–H and O–H groups in total. The molecule has 5 nitrogen and oxygen atoms in total. The molecule has 0 saturated carbocycles. The van der Waals surface area contributed by atoms with Crippen LogP contribution in [0.25, 0.3) is 0 Å². The lowest BCUT2D eigenvalue weighted by molar-refractivity contribution is 0.0705. The van der Waals surface area contributed by atoms with Gasteiger partial charge in [-0.2, -0.15) is 0 Å². The number of carbonyl (C=O) groups excluding carboxylic acids is 1. The summed E-state index contributed by atoms with van der Waals surface area (Å²) in [6, 6.07) is 8.30. The zero-order valence-electron chi connectivity index (χ0n) is 15.9. The number of amides is 1. The van der Waals surface area contributed by atoms with Gasteiger partial charge >= 0.3 is 0 Å². The van der Waals surface area contributed by atoms with E-state index in [1.165, 1.54) is 11.1 Å². The fourth-order valence-electron chi connectivity index (χ4n) is 3.68. The predicted octanol–water partition coefficient (Wildman–Crippen LogP) is 3.39. The molecule has 5 heteroatoms. The third-order valence-electron chi connectivity index (χ3n) is 5.17.